The summed E-state index contributed by atoms with van der Waals surface area (Å²) < 4.78 is 6.20. The average molecular weight is 448 g/mol. The molecule has 1 heterocycles. The molecular formula is C20H22BrN3O2S. The number of carbonyl (C=O) groups is 1. The maximum Gasteiger partial charge on any atom is 0.261 e. The number of benzene rings is 2. The van der Waals surface area contributed by atoms with Crippen molar-refractivity contribution >= 4 is 50.5 Å². The number of aryl methyl sites for hydroxylation is 1. The van der Waals surface area contributed by atoms with Gasteiger partial charge < -0.3 is 15.0 Å². The van der Waals surface area contributed by atoms with Crippen LogP contribution in [0.1, 0.15) is 28.8 Å². The van der Waals surface area contributed by atoms with Crippen LogP contribution in [0.5, 0.6) is 5.75 Å². The number of thiocarbonyl (C=S) groups is 1. The van der Waals surface area contributed by atoms with Crippen LogP contribution in [0.3, 0.4) is 0 Å². The highest BCUT2D eigenvalue weighted by Gasteiger charge is 2.19. The summed E-state index contributed by atoms with van der Waals surface area (Å²) in [7, 11) is 1.55. The highest BCUT2D eigenvalue weighted by molar-refractivity contribution is 9.10. The summed E-state index contributed by atoms with van der Waals surface area (Å²) in [5.41, 5.74) is 3.29. The lowest BCUT2D eigenvalue weighted by atomic mass is 10.1. The van der Waals surface area contributed by atoms with Gasteiger partial charge in [-0.25, -0.2) is 0 Å². The fourth-order valence-corrected chi connectivity index (χ4v) is 4.08. The molecule has 2 aromatic rings. The van der Waals surface area contributed by atoms with E-state index in [0.717, 1.165) is 34.5 Å². The Bertz CT molecular complexity index is 866. The molecule has 0 radical (unpaired) electrons. The van der Waals surface area contributed by atoms with E-state index in [0.29, 0.717) is 11.3 Å². The molecule has 0 aliphatic carbocycles. The van der Waals surface area contributed by atoms with Crippen molar-refractivity contribution in [3.8, 4) is 5.75 Å². The van der Waals surface area contributed by atoms with Crippen LogP contribution in [0.25, 0.3) is 0 Å². The van der Waals surface area contributed by atoms with E-state index in [1.54, 1.807) is 13.2 Å². The maximum atomic E-state index is 12.7. The summed E-state index contributed by atoms with van der Waals surface area (Å²) in [4.78, 5) is 15.0. The van der Waals surface area contributed by atoms with Crippen molar-refractivity contribution < 1.29 is 9.53 Å². The molecule has 27 heavy (non-hydrogen) atoms. The molecule has 0 spiro atoms. The number of halogens is 1. The molecule has 2 aromatic carbocycles. The Morgan fingerprint density at radius 1 is 1.22 bits per heavy atom. The van der Waals surface area contributed by atoms with Crippen molar-refractivity contribution in [2.24, 2.45) is 0 Å². The van der Waals surface area contributed by atoms with Gasteiger partial charge in [0.1, 0.15) is 5.75 Å². The van der Waals surface area contributed by atoms with Crippen molar-refractivity contribution in [1.29, 1.82) is 0 Å². The third-order valence-electron chi connectivity index (χ3n) is 4.51. The molecule has 0 bridgehead atoms. The third-order valence-corrected chi connectivity index (χ3v) is 5.18. The Kier molecular flexibility index (Phi) is 6.34. The normalized spacial score (nSPS) is 13.4. The Morgan fingerprint density at radius 2 is 1.93 bits per heavy atom. The Morgan fingerprint density at radius 3 is 2.63 bits per heavy atom. The zero-order chi connectivity index (χ0) is 19.4. The van der Waals surface area contributed by atoms with E-state index in [2.05, 4.69) is 37.5 Å². The molecule has 1 aliphatic heterocycles. The van der Waals surface area contributed by atoms with Gasteiger partial charge in [0.25, 0.3) is 5.91 Å². The quantitative estimate of drug-likeness (QED) is 0.675. The van der Waals surface area contributed by atoms with Gasteiger partial charge in [0.05, 0.1) is 24.0 Å². The molecule has 142 valence electrons. The second kappa shape index (κ2) is 8.71. The van der Waals surface area contributed by atoms with Crippen LogP contribution in [0, 0.1) is 6.92 Å². The van der Waals surface area contributed by atoms with Crippen molar-refractivity contribution in [2.75, 3.05) is 30.4 Å². The lowest BCUT2D eigenvalue weighted by Crippen LogP contribution is -2.35. The highest BCUT2D eigenvalue weighted by atomic mass is 79.9. The number of nitrogens with one attached hydrogen (secondary N) is 2. The summed E-state index contributed by atoms with van der Waals surface area (Å²) in [5.74, 6) is 0.225. The van der Waals surface area contributed by atoms with Crippen molar-refractivity contribution in [1.82, 2.24) is 5.32 Å². The predicted octanol–water partition coefficient (Wildman–Crippen LogP) is 4.49. The minimum atomic E-state index is -0.313. The lowest BCUT2D eigenvalue weighted by Gasteiger charge is -2.22. The van der Waals surface area contributed by atoms with Gasteiger partial charge in [-0.15, -0.1) is 0 Å². The number of carbonyl (C=O) groups excluding carboxylic acids is 1. The van der Waals surface area contributed by atoms with E-state index in [-0.39, 0.29) is 11.0 Å². The molecular weight excluding hydrogens is 426 g/mol. The molecule has 1 fully saturated rings. The molecule has 3 rings (SSSR count). The largest absolute Gasteiger partial charge is 0.496 e. The molecule has 1 amide bonds. The first-order chi connectivity index (χ1) is 13.0. The predicted molar refractivity (Wildman–Crippen MR) is 117 cm³/mol. The number of para-hydroxylation sites is 2. The van der Waals surface area contributed by atoms with Crippen LogP contribution >= 0.6 is 28.1 Å². The first kappa shape index (κ1) is 19.6. The van der Waals surface area contributed by atoms with Gasteiger partial charge >= 0.3 is 0 Å². The Hall–Kier alpha value is -2.12. The number of methoxy groups -OCH3 is 1. The van der Waals surface area contributed by atoms with Crippen LogP contribution in [0.15, 0.2) is 40.9 Å². The number of hydrogen-bond donors (Lipinski definition) is 2. The third kappa shape index (κ3) is 4.59. The Balaban J connectivity index is 1.75. The first-order valence-electron chi connectivity index (χ1n) is 8.80. The summed E-state index contributed by atoms with van der Waals surface area (Å²) in [6.45, 7) is 3.96. The average Bonchev–Trinajstić information content (AvgIpc) is 3.16. The van der Waals surface area contributed by atoms with Crippen molar-refractivity contribution in [3.63, 3.8) is 0 Å². The van der Waals surface area contributed by atoms with Gasteiger partial charge in [-0.3, -0.25) is 10.1 Å². The van der Waals surface area contributed by atoms with E-state index in [1.165, 1.54) is 12.8 Å². The number of amides is 1. The zero-order valence-corrected chi connectivity index (χ0v) is 17.7. The number of anilines is 2. The van der Waals surface area contributed by atoms with E-state index < -0.39 is 0 Å². The summed E-state index contributed by atoms with van der Waals surface area (Å²) >= 11 is 8.80. The minimum Gasteiger partial charge on any atom is -0.496 e. The standard InChI is InChI=1S/C20H22BrN3O2S/c1-13-11-14(21)12-15(18(13)26-2)19(25)23-20(27)22-16-7-3-4-8-17(16)24-9-5-6-10-24/h3-4,7-8,11-12H,5-6,9-10H2,1-2H3,(H2,22,23,25,27). The topological polar surface area (TPSA) is 53.6 Å². The zero-order valence-electron chi connectivity index (χ0n) is 15.3. The Labute approximate surface area is 173 Å². The molecule has 0 aromatic heterocycles. The maximum absolute atomic E-state index is 12.7. The molecule has 0 saturated carbocycles. The van der Waals surface area contributed by atoms with Crippen molar-refractivity contribution in [3.05, 3.63) is 52.0 Å². The second-order valence-electron chi connectivity index (χ2n) is 6.42. The number of nitrogens with zero attached hydrogens (tertiary/aromatic N) is 1. The van der Waals surface area contributed by atoms with Gasteiger partial charge in [-0.1, -0.05) is 28.1 Å². The smallest absolute Gasteiger partial charge is 0.261 e. The van der Waals surface area contributed by atoms with E-state index in [9.17, 15) is 4.79 Å². The van der Waals surface area contributed by atoms with Gasteiger partial charge in [-0.05, 0) is 61.8 Å². The summed E-state index contributed by atoms with van der Waals surface area (Å²) in [5, 5.41) is 6.17. The number of ether oxygens (including phenoxy) is 1. The van der Waals surface area contributed by atoms with E-state index in [4.69, 9.17) is 17.0 Å². The molecule has 1 aliphatic rings. The van der Waals surface area contributed by atoms with Gasteiger partial charge in [0.2, 0.25) is 0 Å². The van der Waals surface area contributed by atoms with E-state index >= 15 is 0 Å². The van der Waals surface area contributed by atoms with Crippen LogP contribution in [0.2, 0.25) is 0 Å². The molecule has 2 N–H and O–H groups in total. The molecule has 7 heteroatoms. The molecule has 0 unspecified atom stereocenters. The SMILES string of the molecule is COc1c(C)cc(Br)cc1C(=O)NC(=S)Nc1ccccc1N1CCCC1. The summed E-state index contributed by atoms with van der Waals surface area (Å²) in [6, 6.07) is 11.6. The van der Waals surface area contributed by atoms with Crippen LogP contribution in [-0.4, -0.2) is 31.2 Å². The van der Waals surface area contributed by atoms with Crippen LogP contribution in [-0.2, 0) is 0 Å². The second-order valence-corrected chi connectivity index (χ2v) is 7.75. The minimum absolute atomic E-state index is 0.256. The number of hydrogen-bond acceptors (Lipinski definition) is 4. The van der Waals surface area contributed by atoms with Crippen molar-refractivity contribution in [2.45, 2.75) is 19.8 Å². The van der Waals surface area contributed by atoms with Crippen LogP contribution in [0.4, 0.5) is 11.4 Å². The molecule has 1 saturated heterocycles. The molecule has 5 nitrogen and oxygen atoms in total. The fraction of sp³-hybridized carbons (Fsp3) is 0.300. The molecule has 0 atom stereocenters. The van der Waals surface area contributed by atoms with Crippen LogP contribution < -0.4 is 20.3 Å². The number of rotatable bonds is 4. The fourth-order valence-electron chi connectivity index (χ4n) is 3.31. The van der Waals surface area contributed by atoms with Gasteiger partial charge in [0.15, 0.2) is 5.11 Å². The highest BCUT2D eigenvalue weighted by Crippen LogP contribution is 2.29. The summed E-state index contributed by atoms with van der Waals surface area (Å²) in [6.07, 6.45) is 2.38. The van der Waals surface area contributed by atoms with Gasteiger partial charge in [0, 0.05) is 17.6 Å². The lowest BCUT2D eigenvalue weighted by molar-refractivity contribution is 0.0974. The van der Waals surface area contributed by atoms with E-state index in [1.807, 2.05) is 31.2 Å². The monoisotopic (exact) mass is 447 g/mol. The first-order valence-corrected chi connectivity index (χ1v) is 10.00. The van der Waals surface area contributed by atoms with Gasteiger partial charge in [-0.2, -0.15) is 0 Å².